The molecule has 12 rings (SSSR count). The van der Waals surface area contributed by atoms with Crippen LogP contribution in [0, 0.1) is 0 Å². The zero-order valence-corrected chi connectivity index (χ0v) is 35.0. The topological polar surface area (TPSA) is 43.6 Å². The van der Waals surface area contributed by atoms with E-state index in [1.807, 2.05) is 47.7 Å². The molecule has 63 heavy (non-hydrogen) atoms. The second-order valence-corrected chi connectivity index (χ2v) is 17.0. The van der Waals surface area contributed by atoms with E-state index in [4.69, 9.17) is 15.0 Å². The van der Waals surface area contributed by atoms with Gasteiger partial charge in [-0.2, -0.15) is 0 Å². The van der Waals surface area contributed by atoms with Gasteiger partial charge in [-0.15, -0.1) is 11.3 Å². The molecule has 0 N–H and O–H groups in total. The van der Waals surface area contributed by atoms with E-state index < -0.39 is 0 Å². The number of hydrogen-bond donors (Lipinski definition) is 0. The third-order valence-electron chi connectivity index (χ3n) is 12.1. The highest BCUT2D eigenvalue weighted by atomic mass is 32.1. The van der Waals surface area contributed by atoms with Gasteiger partial charge in [0.1, 0.15) is 5.82 Å². The maximum Gasteiger partial charge on any atom is 0.163 e. The van der Waals surface area contributed by atoms with Crippen LogP contribution in [0.2, 0.25) is 0 Å². The first-order valence-corrected chi connectivity index (χ1v) is 22.1. The van der Waals surface area contributed by atoms with Gasteiger partial charge in [0.2, 0.25) is 0 Å². The number of aromatic nitrogens is 4. The average Bonchev–Trinajstić information content (AvgIpc) is 3.90. The van der Waals surface area contributed by atoms with Crippen LogP contribution in [0.25, 0.3) is 104 Å². The molecule has 12 aromatic rings. The molecule has 0 aliphatic heterocycles. The molecule has 0 aliphatic carbocycles. The lowest BCUT2D eigenvalue weighted by Crippen LogP contribution is -2.05. The molecular formula is C58H38N4S. The number of para-hydroxylation sites is 2. The Morgan fingerprint density at radius 3 is 1.67 bits per heavy atom. The van der Waals surface area contributed by atoms with Crippen molar-refractivity contribution in [3.63, 3.8) is 0 Å². The van der Waals surface area contributed by atoms with Crippen LogP contribution in [-0.2, 0) is 6.42 Å². The van der Waals surface area contributed by atoms with E-state index in [-0.39, 0.29) is 0 Å². The molecule has 0 saturated heterocycles. The van der Waals surface area contributed by atoms with E-state index in [2.05, 4.69) is 187 Å². The second kappa shape index (κ2) is 15.5. The SMILES string of the molecule is c1ccc(-c2cccc(-c3ccc(-c4ccc5c(c4)sc4ccc6c(c7ccccc7n6-c6ccccc6)c45)c(Cc4nc(-c5ccccc5)nc(-c5ccccc5)n4)c3)c2)cc1. The number of nitrogens with zero attached hydrogens (tertiary/aromatic N) is 4. The standard InChI is InChI=1S/C58H38N4S/c1-5-16-38(17-6-1)41-22-15-23-42(34-41)43-28-30-47(45(35-43)37-54-59-57(39-18-7-2-8-19-39)61-58(60-54)40-20-9-3-10-21-40)44-29-31-49-53(36-44)63-52-33-32-51-55(56(49)52)48-26-13-14-27-50(48)62(51)46-24-11-4-12-25-46/h1-36H,37H2. The van der Waals surface area contributed by atoms with Gasteiger partial charge in [0.25, 0.3) is 0 Å². The Morgan fingerprint density at radius 2 is 0.952 bits per heavy atom. The van der Waals surface area contributed by atoms with Crippen LogP contribution in [0.3, 0.4) is 0 Å². The lowest BCUT2D eigenvalue weighted by atomic mass is 9.91. The Kier molecular flexibility index (Phi) is 9.05. The number of fused-ring (bicyclic) bond motifs is 7. The summed E-state index contributed by atoms with van der Waals surface area (Å²) in [5, 5.41) is 5.15. The fraction of sp³-hybridized carbons (Fsp3) is 0.0172. The molecule has 9 aromatic carbocycles. The van der Waals surface area contributed by atoms with Crippen LogP contribution in [0.15, 0.2) is 218 Å². The van der Waals surface area contributed by atoms with Crippen LogP contribution in [0.1, 0.15) is 11.4 Å². The van der Waals surface area contributed by atoms with E-state index in [1.54, 1.807) is 0 Å². The third-order valence-corrected chi connectivity index (χ3v) is 13.2. The minimum Gasteiger partial charge on any atom is -0.309 e. The molecule has 0 spiro atoms. The maximum absolute atomic E-state index is 5.15. The van der Waals surface area contributed by atoms with Crippen molar-refractivity contribution >= 4 is 53.3 Å². The van der Waals surface area contributed by atoms with Gasteiger partial charge in [-0.3, -0.25) is 0 Å². The van der Waals surface area contributed by atoms with Gasteiger partial charge in [0.15, 0.2) is 11.6 Å². The lowest BCUT2D eigenvalue weighted by molar-refractivity contribution is 0.933. The summed E-state index contributed by atoms with van der Waals surface area (Å²) in [7, 11) is 0. The van der Waals surface area contributed by atoms with E-state index >= 15 is 0 Å². The minimum absolute atomic E-state index is 0.522. The molecule has 5 heteroatoms. The number of rotatable bonds is 8. The van der Waals surface area contributed by atoms with Crippen LogP contribution >= 0.6 is 11.3 Å². The number of hydrogen-bond acceptors (Lipinski definition) is 4. The highest BCUT2D eigenvalue weighted by molar-refractivity contribution is 7.26. The molecule has 0 atom stereocenters. The van der Waals surface area contributed by atoms with Gasteiger partial charge in [0, 0.05) is 54.2 Å². The van der Waals surface area contributed by atoms with Gasteiger partial charge in [-0.05, 0) is 81.4 Å². The molecule has 3 aromatic heterocycles. The smallest absolute Gasteiger partial charge is 0.163 e. The average molecular weight is 823 g/mol. The monoisotopic (exact) mass is 822 g/mol. The number of benzene rings is 9. The van der Waals surface area contributed by atoms with E-state index in [0.29, 0.717) is 18.1 Å². The van der Waals surface area contributed by atoms with Crippen molar-refractivity contribution in [2.24, 2.45) is 0 Å². The first kappa shape index (κ1) is 36.8. The molecule has 0 amide bonds. The maximum atomic E-state index is 5.15. The number of thiophene rings is 1. The molecule has 0 radical (unpaired) electrons. The largest absolute Gasteiger partial charge is 0.309 e. The second-order valence-electron chi connectivity index (χ2n) is 16.0. The Morgan fingerprint density at radius 1 is 0.365 bits per heavy atom. The molecule has 296 valence electrons. The van der Waals surface area contributed by atoms with Crippen molar-refractivity contribution in [3.05, 3.63) is 230 Å². The summed E-state index contributed by atoms with van der Waals surface area (Å²) in [6.07, 6.45) is 0.522. The van der Waals surface area contributed by atoms with Gasteiger partial charge in [-0.1, -0.05) is 176 Å². The quantitative estimate of drug-likeness (QED) is 0.153. The molecule has 0 bridgehead atoms. The molecule has 0 aliphatic rings. The zero-order chi connectivity index (χ0) is 41.7. The Balaban J connectivity index is 1.03. The van der Waals surface area contributed by atoms with Crippen molar-refractivity contribution in [2.75, 3.05) is 0 Å². The van der Waals surface area contributed by atoms with Crippen LogP contribution in [0.4, 0.5) is 0 Å². The fourth-order valence-electron chi connectivity index (χ4n) is 9.16. The zero-order valence-electron chi connectivity index (χ0n) is 34.2. The highest BCUT2D eigenvalue weighted by Gasteiger charge is 2.20. The fourth-order valence-corrected chi connectivity index (χ4v) is 10.3. The first-order chi connectivity index (χ1) is 31.2. The van der Waals surface area contributed by atoms with E-state index in [9.17, 15) is 0 Å². The summed E-state index contributed by atoms with van der Waals surface area (Å²) in [5.74, 6) is 2.05. The van der Waals surface area contributed by atoms with Crippen LogP contribution in [0.5, 0.6) is 0 Å². The predicted molar refractivity (Wildman–Crippen MR) is 263 cm³/mol. The summed E-state index contributed by atoms with van der Waals surface area (Å²) < 4.78 is 4.94. The van der Waals surface area contributed by atoms with Crippen LogP contribution < -0.4 is 0 Å². The Bertz CT molecular complexity index is 3580. The summed E-state index contributed by atoms with van der Waals surface area (Å²) in [6.45, 7) is 0. The van der Waals surface area contributed by atoms with Crippen molar-refractivity contribution in [2.45, 2.75) is 6.42 Å². The Labute approximate surface area is 369 Å². The van der Waals surface area contributed by atoms with Crippen molar-refractivity contribution < 1.29 is 0 Å². The van der Waals surface area contributed by atoms with E-state index in [1.165, 1.54) is 53.1 Å². The minimum atomic E-state index is 0.522. The van der Waals surface area contributed by atoms with Crippen molar-refractivity contribution in [3.8, 4) is 61.8 Å². The van der Waals surface area contributed by atoms with Gasteiger partial charge < -0.3 is 4.57 Å². The summed E-state index contributed by atoms with van der Waals surface area (Å²) in [6, 6.07) is 77.8. The first-order valence-electron chi connectivity index (χ1n) is 21.3. The van der Waals surface area contributed by atoms with Gasteiger partial charge >= 0.3 is 0 Å². The molecule has 0 unspecified atom stereocenters. The van der Waals surface area contributed by atoms with Gasteiger partial charge in [-0.25, -0.2) is 15.0 Å². The Hall–Kier alpha value is -7.99. The van der Waals surface area contributed by atoms with E-state index in [0.717, 1.165) is 50.5 Å². The van der Waals surface area contributed by atoms with Crippen molar-refractivity contribution in [1.29, 1.82) is 0 Å². The van der Waals surface area contributed by atoms with Crippen molar-refractivity contribution in [1.82, 2.24) is 19.5 Å². The molecule has 3 heterocycles. The molecule has 0 fully saturated rings. The summed E-state index contributed by atoms with van der Waals surface area (Å²) in [5.41, 5.74) is 13.7. The predicted octanol–water partition coefficient (Wildman–Crippen LogP) is 15.3. The molecule has 0 saturated carbocycles. The summed E-state index contributed by atoms with van der Waals surface area (Å²) >= 11 is 1.87. The lowest BCUT2D eigenvalue weighted by Gasteiger charge is -2.14. The molecule has 4 nitrogen and oxygen atoms in total. The third kappa shape index (κ3) is 6.67. The summed E-state index contributed by atoms with van der Waals surface area (Å²) in [4.78, 5) is 15.3. The highest BCUT2D eigenvalue weighted by Crippen LogP contribution is 2.45. The normalized spacial score (nSPS) is 11.6. The van der Waals surface area contributed by atoms with Gasteiger partial charge in [0.05, 0.1) is 11.0 Å². The van der Waals surface area contributed by atoms with Crippen LogP contribution in [-0.4, -0.2) is 19.5 Å². The molecular weight excluding hydrogens is 785 g/mol.